The van der Waals surface area contributed by atoms with Crippen molar-refractivity contribution < 1.29 is 9.84 Å². The number of phenolic OH excluding ortho intramolecular Hbond substituents is 1. The summed E-state index contributed by atoms with van der Waals surface area (Å²) >= 11 is 0. The van der Waals surface area contributed by atoms with Crippen LogP contribution in [-0.2, 0) is 13.0 Å². The molecule has 1 heterocycles. The standard InChI is InChI=1S/C10H13NO2.BrH/c1-13-9-3-2-7-6-11-5-4-8(7)10(9)12;/h2-3,11-12H,4-6H2,1H3;1H. The largest absolute Gasteiger partial charge is 0.504 e. The molecule has 1 aliphatic heterocycles. The smallest absolute Gasteiger partial charge is 0.161 e. The predicted molar refractivity (Wildman–Crippen MR) is 60.4 cm³/mol. The molecular weight excluding hydrogens is 246 g/mol. The molecule has 78 valence electrons. The van der Waals surface area contributed by atoms with Crippen molar-refractivity contribution in [2.75, 3.05) is 13.7 Å². The van der Waals surface area contributed by atoms with Crippen LogP contribution in [0.5, 0.6) is 11.5 Å². The third kappa shape index (κ3) is 1.86. The lowest BCUT2D eigenvalue weighted by Gasteiger charge is -2.19. The lowest BCUT2D eigenvalue weighted by Crippen LogP contribution is -2.23. The summed E-state index contributed by atoms with van der Waals surface area (Å²) in [5.41, 5.74) is 2.20. The van der Waals surface area contributed by atoms with E-state index in [9.17, 15) is 5.11 Å². The lowest BCUT2D eigenvalue weighted by atomic mass is 9.99. The van der Waals surface area contributed by atoms with Crippen LogP contribution in [0.4, 0.5) is 0 Å². The Morgan fingerprint density at radius 3 is 2.93 bits per heavy atom. The zero-order chi connectivity index (χ0) is 9.26. The molecule has 0 bridgehead atoms. The first kappa shape index (κ1) is 11.3. The maximum atomic E-state index is 9.78. The molecule has 1 aliphatic rings. The van der Waals surface area contributed by atoms with E-state index >= 15 is 0 Å². The fourth-order valence-electron chi connectivity index (χ4n) is 1.70. The second kappa shape index (κ2) is 4.66. The van der Waals surface area contributed by atoms with Crippen molar-refractivity contribution in [2.45, 2.75) is 13.0 Å². The predicted octanol–water partition coefficient (Wildman–Crippen LogP) is 1.62. The number of halogens is 1. The second-order valence-corrected chi connectivity index (χ2v) is 3.18. The summed E-state index contributed by atoms with van der Waals surface area (Å²) in [5, 5.41) is 13.0. The lowest BCUT2D eigenvalue weighted by molar-refractivity contribution is 0.368. The number of hydrogen-bond donors (Lipinski definition) is 2. The van der Waals surface area contributed by atoms with E-state index < -0.39 is 0 Å². The highest BCUT2D eigenvalue weighted by Crippen LogP contribution is 2.33. The van der Waals surface area contributed by atoms with Gasteiger partial charge in [-0.15, -0.1) is 17.0 Å². The molecule has 0 saturated heterocycles. The first-order valence-corrected chi connectivity index (χ1v) is 4.41. The number of aromatic hydroxyl groups is 1. The molecule has 4 heteroatoms. The van der Waals surface area contributed by atoms with Crippen molar-refractivity contribution in [3.05, 3.63) is 23.3 Å². The minimum absolute atomic E-state index is 0. The molecular formula is C10H14BrNO2. The van der Waals surface area contributed by atoms with Gasteiger partial charge in [-0.05, 0) is 24.6 Å². The van der Waals surface area contributed by atoms with Gasteiger partial charge < -0.3 is 15.2 Å². The Morgan fingerprint density at radius 1 is 1.43 bits per heavy atom. The molecule has 1 aromatic rings. The molecule has 0 aliphatic carbocycles. The van der Waals surface area contributed by atoms with Crippen LogP contribution in [0.15, 0.2) is 12.1 Å². The molecule has 1 aromatic carbocycles. The number of rotatable bonds is 1. The van der Waals surface area contributed by atoms with Gasteiger partial charge in [0.15, 0.2) is 11.5 Å². The number of nitrogens with one attached hydrogen (secondary N) is 1. The van der Waals surface area contributed by atoms with E-state index in [1.54, 1.807) is 13.2 Å². The molecule has 0 atom stereocenters. The fourth-order valence-corrected chi connectivity index (χ4v) is 1.70. The Bertz CT molecular complexity index is 328. The molecule has 3 nitrogen and oxygen atoms in total. The average Bonchev–Trinajstić information content (AvgIpc) is 2.19. The molecule has 0 spiro atoms. The number of phenols is 1. The van der Waals surface area contributed by atoms with Crippen molar-refractivity contribution in [2.24, 2.45) is 0 Å². The van der Waals surface area contributed by atoms with Gasteiger partial charge in [-0.25, -0.2) is 0 Å². The summed E-state index contributed by atoms with van der Waals surface area (Å²) in [6.45, 7) is 1.76. The summed E-state index contributed by atoms with van der Waals surface area (Å²) in [5.74, 6) is 0.877. The van der Waals surface area contributed by atoms with Gasteiger partial charge in [0, 0.05) is 12.1 Å². The Labute approximate surface area is 93.9 Å². The first-order chi connectivity index (χ1) is 6.33. The SMILES string of the molecule is Br.COc1ccc2c(c1O)CCNC2. The second-order valence-electron chi connectivity index (χ2n) is 3.18. The molecule has 2 rings (SSSR count). The molecule has 0 amide bonds. The number of hydrogen-bond acceptors (Lipinski definition) is 3. The van der Waals surface area contributed by atoms with Gasteiger partial charge >= 0.3 is 0 Å². The molecule has 0 saturated carbocycles. The van der Waals surface area contributed by atoms with Gasteiger partial charge in [-0.2, -0.15) is 0 Å². The minimum Gasteiger partial charge on any atom is -0.504 e. The quantitative estimate of drug-likeness (QED) is 0.806. The number of ether oxygens (including phenoxy) is 1. The molecule has 0 aromatic heterocycles. The van der Waals surface area contributed by atoms with Crippen molar-refractivity contribution in [3.8, 4) is 11.5 Å². The number of methoxy groups -OCH3 is 1. The van der Waals surface area contributed by atoms with Crippen LogP contribution in [0.1, 0.15) is 11.1 Å². The molecule has 0 fully saturated rings. The molecule has 14 heavy (non-hydrogen) atoms. The maximum Gasteiger partial charge on any atom is 0.161 e. The van der Waals surface area contributed by atoms with Crippen LogP contribution in [0, 0.1) is 0 Å². The van der Waals surface area contributed by atoms with Crippen LogP contribution >= 0.6 is 17.0 Å². The maximum absolute atomic E-state index is 9.78. The van der Waals surface area contributed by atoms with Crippen LogP contribution in [0.3, 0.4) is 0 Å². The van der Waals surface area contributed by atoms with Gasteiger partial charge in [0.25, 0.3) is 0 Å². The first-order valence-electron chi connectivity index (χ1n) is 4.41. The van der Waals surface area contributed by atoms with Crippen molar-refractivity contribution in [3.63, 3.8) is 0 Å². The van der Waals surface area contributed by atoms with Gasteiger partial charge in [-0.1, -0.05) is 6.07 Å². The van der Waals surface area contributed by atoms with E-state index in [1.165, 1.54) is 5.56 Å². The fraction of sp³-hybridized carbons (Fsp3) is 0.400. The van der Waals surface area contributed by atoms with E-state index in [-0.39, 0.29) is 17.0 Å². The van der Waals surface area contributed by atoms with Crippen LogP contribution in [-0.4, -0.2) is 18.8 Å². The highest BCUT2D eigenvalue weighted by atomic mass is 79.9. The third-order valence-electron chi connectivity index (χ3n) is 2.43. The normalized spacial score (nSPS) is 14.1. The third-order valence-corrected chi connectivity index (χ3v) is 2.43. The van der Waals surface area contributed by atoms with Gasteiger partial charge in [0.2, 0.25) is 0 Å². The van der Waals surface area contributed by atoms with Crippen LogP contribution in [0.25, 0.3) is 0 Å². The van der Waals surface area contributed by atoms with Gasteiger partial charge in [0.1, 0.15) is 0 Å². The van der Waals surface area contributed by atoms with Gasteiger partial charge in [-0.3, -0.25) is 0 Å². The monoisotopic (exact) mass is 259 g/mol. The minimum atomic E-state index is 0. The Kier molecular flexibility index (Phi) is 3.77. The summed E-state index contributed by atoms with van der Waals surface area (Å²) in [4.78, 5) is 0. The van der Waals surface area contributed by atoms with Gasteiger partial charge in [0.05, 0.1) is 7.11 Å². The zero-order valence-corrected chi connectivity index (χ0v) is 9.75. The zero-order valence-electron chi connectivity index (χ0n) is 8.04. The van der Waals surface area contributed by atoms with Crippen molar-refractivity contribution >= 4 is 17.0 Å². The Hall–Kier alpha value is -0.740. The highest BCUT2D eigenvalue weighted by Gasteiger charge is 2.15. The van der Waals surface area contributed by atoms with E-state index in [0.717, 1.165) is 25.1 Å². The number of fused-ring (bicyclic) bond motifs is 1. The van der Waals surface area contributed by atoms with Crippen molar-refractivity contribution in [1.82, 2.24) is 5.32 Å². The summed E-state index contributed by atoms with van der Waals surface area (Å²) in [7, 11) is 1.57. The van der Waals surface area contributed by atoms with E-state index in [2.05, 4.69) is 5.32 Å². The molecule has 0 radical (unpaired) electrons. The average molecular weight is 260 g/mol. The Balaban J connectivity index is 0.000000980. The van der Waals surface area contributed by atoms with Crippen LogP contribution in [0.2, 0.25) is 0 Å². The van der Waals surface area contributed by atoms with E-state index in [4.69, 9.17) is 4.74 Å². The van der Waals surface area contributed by atoms with E-state index in [1.807, 2.05) is 6.07 Å². The topological polar surface area (TPSA) is 41.5 Å². The summed E-state index contributed by atoms with van der Waals surface area (Å²) < 4.78 is 5.04. The molecule has 0 unspecified atom stereocenters. The van der Waals surface area contributed by atoms with Crippen LogP contribution < -0.4 is 10.1 Å². The summed E-state index contributed by atoms with van der Waals surface area (Å²) in [6.07, 6.45) is 0.873. The molecule has 2 N–H and O–H groups in total. The highest BCUT2D eigenvalue weighted by molar-refractivity contribution is 8.93. The Morgan fingerprint density at radius 2 is 2.21 bits per heavy atom. The van der Waals surface area contributed by atoms with Crippen molar-refractivity contribution in [1.29, 1.82) is 0 Å². The summed E-state index contributed by atoms with van der Waals surface area (Å²) in [6, 6.07) is 3.81. The van der Waals surface area contributed by atoms with E-state index in [0.29, 0.717) is 11.5 Å². The number of benzene rings is 1.